The van der Waals surface area contributed by atoms with E-state index in [1.165, 1.54) is 19.2 Å². The largest absolute Gasteiger partial charge is 0.508 e. The summed E-state index contributed by atoms with van der Waals surface area (Å²) in [5, 5.41) is 12.0. The highest BCUT2D eigenvalue weighted by molar-refractivity contribution is 6.08. The van der Waals surface area contributed by atoms with Gasteiger partial charge in [0.25, 0.3) is 5.91 Å². The van der Waals surface area contributed by atoms with Crippen LogP contribution in [0.5, 0.6) is 11.5 Å². The fourth-order valence-electron chi connectivity index (χ4n) is 1.64. The molecule has 0 radical (unpaired) electrons. The molecule has 0 aliphatic carbocycles. The van der Waals surface area contributed by atoms with E-state index in [4.69, 9.17) is 10.5 Å². The van der Waals surface area contributed by atoms with Crippen LogP contribution in [-0.2, 0) is 0 Å². The fourth-order valence-corrected chi connectivity index (χ4v) is 1.64. The summed E-state index contributed by atoms with van der Waals surface area (Å²) in [7, 11) is 1.52. The molecule has 0 aliphatic rings. The number of nitrogens with one attached hydrogen (secondary N) is 1. The van der Waals surface area contributed by atoms with Crippen LogP contribution in [0, 0.1) is 0 Å². The lowest BCUT2D eigenvalue weighted by Gasteiger charge is -2.09. The smallest absolute Gasteiger partial charge is 0.257 e. The maximum absolute atomic E-state index is 12.1. The average Bonchev–Trinajstić information content (AvgIpc) is 2.39. The van der Waals surface area contributed by atoms with Gasteiger partial charge in [0.1, 0.15) is 11.5 Å². The van der Waals surface area contributed by atoms with Crippen LogP contribution in [0.3, 0.4) is 0 Å². The van der Waals surface area contributed by atoms with E-state index in [2.05, 4.69) is 5.32 Å². The topological polar surface area (TPSA) is 84.6 Å². The number of aromatic hydroxyl groups is 1. The Morgan fingerprint density at radius 3 is 2.74 bits per heavy atom. The molecule has 2 rings (SSSR count). The minimum atomic E-state index is -0.359. The number of carbonyl (C=O) groups is 1. The van der Waals surface area contributed by atoms with Gasteiger partial charge in [-0.3, -0.25) is 4.79 Å². The van der Waals surface area contributed by atoms with Gasteiger partial charge in [-0.1, -0.05) is 6.07 Å². The molecule has 5 heteroatoms. The molecule has 0 aromatic heterocycles. The molecule has 0 fully saturated rings. The number of rotatable bonds is 3. The number of methoxy groups -OCH3 is 1. The highest BCUT2D eigenvalue weighted by atomic mass is 16.5. The van der Waals surface area contributed by atoms with Crippen molar-refractivity contribution < 1.29 is 14.6 Å². The highest BCUT2D eigenvalue weighted by Gasteiger charge is 2.11. The van der Waals surface area contributed by atoms with Crippen LogP contribution >= 0.6 is 0 Å². The van der Waals surface area contributed by atoms with Crippen LogP contribution in [0.15, 0.2) is 42.5 Å². The Morgan fingerprint density at radius 1 is 1.26 bits per heavy atom. The normalized spacial score (nSPS) is 9.95. The van der Waals surface area contributed by atoms with E-state index < -0.39 is 0 Å². The average molecular weight is 258 g/mol. The van der Waals surface area contributed by atoms with Crippen molar-refractivity contribution in [2.45, 2.75) is 0 Å². The third-order valence-electron chi connectivity index (χ3n) is 2.61. The maximum atomic E-state index is 12.1. The Labute approximate surface area is 110 Å². The number of benzene rings is 2. The number of hydrogen-bond donors (Lipinski definition) is 3. The van der Waals surface area contributed by atoms with Gasteiger partial charge in [-0.15, -0.1) is 0 Å². The summed E-state index contributed by atoms with van der Waals surface area (Å²) in [5.41, 5.74) is 6.94. The first-order valence-corrected chi connectivity index (χ1v) is 5.64. The SMILES string of the molecule is COc1ccc(N)c(C(=O)Nc2cccc(O)c2)c1. The van der Waals surface area contributed by atoms with Crippen molar-refractivity contribution >= 4 is 17.3 Å². The molecule has 0 heterocycles. The molecule has 0 spiro atoms. The quantitative estimate of drug-likeness (QED) is 0.737. The maximum Gasteiger partial charge on any atom is 0.257 e. The lowest BCUT2D eigenvalue weighted by atomic mass is 10.1. The van der Waals surface area contributed by atoms with Gasteiger partial charge in [0.15, 0.2) is 0 Å². The van der Waals surface area contributed by atoms with E-state index in [-0.39, 0.29) is 11.7 Å². The highest BCUT2D eigenvalue weighted by Crippen LogP contribution is 2.22. The van der Waals surface area contributed by atoms with Gasteiger partial charge in [-0.25, -0.2) is 0 Å². The molecule has 0 saturated carbocycles. The second-order valence-corrected chi connectivity index (χ2v) is 3.96. The zero-order valence-corrected chi connectivity index (χ0v) is 10.4. The first kappa shape index (κ1) is 12.8. The van der Waals surface area contributed by atoms with Crippen molar-refractivity contribution in [2.75, 3.05) is 18.2 Å². The molecule has 4 N–H and O–H groups in total. The number of phenols is 1. The van der Waals surface area contributed by atoms with Crippen LogP contribution in [0.4, 0.5) is 11.4 Å². The van der Waals surface area contributed by atoms with Gasteiger partial charge in [-0.05, 0) is 30.3 Å². The summed E-state index contributed by atoms with van der Waals surface area (Å²) in [6.07, 6.45) is 0. The van der Waals surface area contributed by atoms with E-state index in [1.807, 2.05) is 0 Å². The first-order chi connectivity index (χ1) is 9.10. The summed E-state index contributed by atoms with van der Waals surface area (Å²) in [4.78, 5) is 12.1. The Balaban J connectivity index is 2.25. The van der Waals surface area contributed by atoms with Gasteiger partial charge in [0.05, 0.1) is 12.7 Å². The van der Waals surface area contributed by atoms with Crippen LogP contribution in [-0.4, -0.2) is 18.1 Å². The summed E-state index contributed by atoms with van der Waals surface area (Å²) < 4.78 is 5.05. The van der Waals surface area contributed by atoms with Gasteiger partial charge in [-0.2, -0.15) is 0 Å². The van der Waals surface area contributed by atoms with E-state index >= 15 is 0 Å². The molecule has 2 aromatic carbocycles. The van der Waals surface area contributed by atoms with Crippen LogP contribution in [0.2, 0.25) is 0 Å². The lowest BCUT2D eigenvalue weighted by Crippen LogP contribution is -2.14. The van der Waals surface area contributed by atoms with Crippen LogP contribution in [0.25, 0.3) is 0 Å². The number of carbonyl (C=O) groups excluding carboxylic acids is 1. The third kappa shape index (κ3) is 2.95. The molecular weight excluding hydrogens is 244 g/mol. The van der Waals surface area contributed by atoms with Crippen molar-refractivity contribution in [1.82, 2.24) is 0 Å². The number of anilines is 2. The van der Waals surface area contributed by atoms with Crippen molar-refractivity contribution in [3.05, 3.63) is 48.0 Å². The fraction of sp³-hybridized carbons (Fsp3) is 0.0714. The van der Waals surface area contributed by atoms with E-state index in [1.54, 1.807) is 30.3 Å². The molecule has 0 unspecified atom stereocenters. The van der Waals surface area contributed by atoms with E-state index in [0.717, 1.165) is 0 Å². The minimum Gasteiger partial charge on any atom is -0.508 e. The third-order valence-corrected chi connectivity index (χ3v) is 2.61. The molecule has 19 heavy (non-hydrogen) atoms. The molecular formula is C14H14N2O3. The molecule has 2 aromatic rings. The predicted octanol–water partition coefficient (Wildman–Crippen LogP) is 2.24. The monoisotopic (exact) mass is 258 g/mol. The Bertz CT molecular complexity index is 611. The number of ether oxygens (including phenoxy) is 1. The molecule has 98 valence electrons. The second kappa shape index (κ2) is 5.30. The predicted molar refractivity (Wildman–Crippen MR) is 73.5 cm³/mol. The van der Waals surface area contributed by atoms with Crippen LogP contribution in [0.1, 0.15) is 10.4 Å². The standard InChI is InChI=1S/C14H14N2O3/c1-19-11-5-6-13(15)12(8-11)14(18)16-9-3-2-4-10(17)7-9/h2-8,17H,15H2,1H3,(H,16,18). The first-order valence-electron chi connectivity index (χ1n) is 5.64. The van der Waals surface area contributed by atoms with Gasteiger partial charge >= 0.3 is 0 Å². The number of amides is 1. The summed E-state index contributed by atoms with van der Waals surface area (Å²) >= 11 is 0. The number of phenolic OH excluding ortho intramolecular Hbond substituents is 1. The number of nitrogen functional groups attached to an aromatic ring is 1. The van der Waals surface area contributed by atoms with Crippen molar-refractivity contribution in [3.63, 3.8) is 0 Å². The van der Waals surface area contributed by atoms with Crippen molar-refractivity contribution in [1.29, 1.82) is 0 Å². The minimum absolute atomic E-state index is 0.0800. The Hall–Kier alpha value is -2.69. The molecule has 5 nitrogen and oxygen atoms in total. The Morgan fingerprint density at radius 2 is 2.05 bits per heavy atom. The van der Waals surface area contributed by atoms with Gasteiger partial charge < -0.3 is 20.9 Å². The van der Waals surface area contributed by atoms with Gasteiger partial charge in [0, 0.05) is 17.4 Å². The van der Waals surface area contributed by atoms with Crippen molar-refractivity contribution in [2.24, 2.45) is 0 Å². The summed E-state index contributed by atoms with van der Waals surface area (Å²) in [5.74, 6) is 0.272. The summed E-state index contributed by atoms with van der Waals surface area (Å²) in [6, 6.07) is 11.1. The lowest BCUT2D eigenvalue weighted by molar-refractivity contribution is 0.102. The van der Waals surface area contributed by atoms with E-state index in [0.29, 0.717) is 22.7 Å². The molecule has 0 aliphatic heterocycles. The number of nitrogens with two attached hydrogens (primary N) is 1. The molecule has 0 saturated heterocycles. The summed E-state index contributed by atoms with van der Waals surface area (Å²) in [6.45, 7) is 0. The zero-order chi connectivity index (χ0) is 13.8. The second-order valence-electron chi connectivity index (χ2n) is 3.96. The number of hydrogen-bond acceptors (Lipinski definition) is 4. The van der Waals surface area contributed by atoms with Gasteiger partial charge in [0.2, 0.25) is 0 Å². The molecule has 0 atom stereocenters. The molecule has 0 bridgehead atoms. The van der Waals surface area contributed by atoms with Crippen LogP contribution < -0.4 is 15.8 Å². The molecule has 1 amide bonds. The Kier molecular flexibility index (Phi) is 3.56. The zero-order valence-electron chi connectivity index (χ0n) is 10.4. The van der Waals surface area contributed by atoms with E-state index in [9.17, 15) is 9.90 Å². The van der Waals surface area contributed by atoms with Crippen molar-refractivity contribution in [3.8, 4) is 11.5 Å².